The topological polar surface area (TPSA) is 43.4 Å². The molecule has 0 aliphatic heterocycles. The second-order valence-electron chi connectivity index (χ2n) is 3.22. The Kier molecular flexibility index (Phi) is 5.19. The van der Waals surface area contributed by atoms with Crippen molar-refractivity contribution in [1.29, 1.82) is 0 Å². The van der Waals surface area contributed by atoms with Gasteiger partial charge < -0.3 is 4.74 Å². The van der Waals surface area contributed by atoms with Crippen molar-refractivity contribution in [1.82, 2.24) is 0 Å². The molecule has 1 aromatic rings. The average Bonchev–Trinajstić information content (AvgIpc) is 2.21. The number of carbonyl (C=O) groups excluding carboxylic acids is 2. The zero-order valence-corrected chi connectivity index (χ0v) is 10.3. The van der Waals surface area contributed by atoms with E-state index in [9.17, 15) is 9.59 Å². The zero-order valence-electron chi connectivity index (χ0n) is 8.74. The lowest BCUT2D eigenvalue weighted by molar-refractivity contribution is -0.159. The van der Waals surface area contributed by atoms with Crippen LogP contribution in [0.5, 0.6) is 0 Å². The molecule has 85 valence electrons. The summed E-state index contributed by atoms with van der Waals surface area (Å²) in [5, 5.41) is 0. The van der Waals surface area contributed by atoms with Crippen LogP contribution in [-0.4, -0.2) is 11.9 Å². The van der Waals surface area contributed by atoms with Gasteiger partial charge in [-0.3, -0.25) is 9.59 Å². The van der Waals surface area contributed by atoms with Crippen molar-refractivity contribution < 1.29 is 14.3 Å². The number of halogens is 1. The predicted molar refractivity (Wildman–Crippen MR) is 63.5 cm³/mol. The van der Waals surface area contributed by atoms with E-state index in [1.807, 2.05) is 18.2 Å². The van der Waals surface area contributed by atoms with E-state index in [2.05, 4.69) is 27.6 Å². The van der Waals surface area contributed by atoms with Crippen molar-refractivity contribution in [2.45, 2.75) is 19.3 Å². The van der Waals surface area contributed by atoms with Crippen LogP contribution in [0.3, 0.4) is 0 Å². The van der Waals surface area contributed by atoms with Gasteiger partial charge in [0.1, 0.15) is 0 Å². The minimum atomic E-state index is -0.537. The SMILES string of the molecule is [CH2]CCC(=O)OC(=O)Cc1ccccc1Br. The van der Waals surface area contributed by atoms with Gasteiger partial charge in [-0.1, -0.05) is 41.1 Å². The Balaban J connectivity index is 2.52. The van der Waals surface area contributed by atoms with Crippen LogP contribution in [0.25, 0.3) is 0 Å². The maximum absolute atomic E-state index is 11.4. The molecule has 16 heavy (non-hydrogen) atoms. The number of ether oxygens (including phenoxy) is 1. The van der Waals surface area contributed by atoms with Crippen LogP contribution >= 0.6 is 15.9 Å². The van der Waals surface area contributed by atoms with Crippen LogP contribution in [-0.2, 0) is 20.7 Å². The first-order valence-electron chi connectivity index (χ1n) is 4.89. The van der Waals surface area contributed by atoms with Crippen LogP contribution in [0.4, 0.5) is 0 Å². The largest absolute Gasteiger partial charge is 0.393 e. The Labute approximate surface area is 103 Å². The fourth-order valence-electron chi connectivity index (χ4n) is 1.16. The van der Waals surface area contributed by atoms with Crippen molar-refractivity contribution in [3.05, 3.63) is 41.2 Å². The molecular formula is C12H12BrO3. The van der Waals surface area contributed by atoms with E-state index in [1.165, 1.54) is 0 Å². The Hall–Kier alpha value is -1.16. The normalized spacial score (nSPS) is 9.88. The first-order chi connectivity index (χ1) is 7.63. The molecule has 0 bridgehead atoms. The summed E-state index contributed by atoms with van der Waals surface area (Å²) in [6.45, 7) is 3.51. The highest BCUT2D eigenvalue weighted by atomic mass is 79.9. The molecule has 0 spiro atoms. The summed E-state index contributed by atoms with van der Waals surface area (Å²) >= 11 is 3.32. The highest BCUT2D eigenvalue weighted by molar-refractivity contribution is 9.10. The van der Waals surface area contributed by atoms with Crippen LogP contribution in [0.2, 0.25) is 0 Å². The van der Waals surface area contributed by atoms with Crippen LogP contribution in [0, 0.1) is 6.92 Å². The molecule has 0 unspecified atom stereocenters. The van der Waals surface area contributed by atoms with Gasteiger partial charge in [0, 0.05) is 10.9 Å². The van der Waals surface area contributed by atoms with E-state index in [4.69, 9.17) is 0 Å². The molecule has 0 heterocycles. The summed E-state index contributed by atoms with van der Waals surface area (Å²) in [5.74, 6) is -1.06. The number of rotatable bonds is 4. The van der Waals surface area contributed by atoms with Gasteiger partial charge in [-0.05, 0) is 18.1 Å². The number of hydrogen-bond donors (Lipinski definition) is 0. The third kappa shape index (κ3) is 4.14. The van der Waals surface area contributed by atoms with Crippen molar-refractivity contribution in [3.63, 3.8) is 0 Å². The van der Waals surface area contributed by atoms with Gasteiger partial charge in [0.2, 0.25) is 0 Å². The highest BCUT2D eigenvalue weighted by Gasteiger charge is 2.11. The fourth-order valence-corrected chi connectivity index (χ4v) is 1.58. The number of hydrogen-bond acceptors (Lipinski definition) is 3. The Morgan fingerprint density at radius 2 is 1.94 bits per heavy atom. The lowest BCUT2D eigenvalue weighted by atomic mass is 10.1. The summed E-state index contributed by atoms with van der Waals surface area (Å²) in [6, 6.07) is 7.32. The van der Waals surface area contributed by atoms with Crippen LogP contribution in [0.1, 0.15) is 18.4 Å². The molecule has 0 aliphatic rings. The number of carbonyl (C=O) groups is 2. The van der Waals surface area contributed by atoms with Gasteiger partial charge >= 0.3 is 11.9 Å². The predicted octanol–water partition coefficient (Wildman–Crippen LogP) is 2.68. The summed E-state index contributed by atoms with van der Waals surface area (Å²) < 4.78 is 5.44. The number of benzene rings is 1. The number of esters is 2. The summed E-state index contributed by atoms with van der Waals surface area (Å²) in [7, 11) is 0. The van der Waals surface area contributed by atoms with Gasteiger partial charge in [-0.25, -0.2) is 0 Å². The van der Waals surface area contributed by atoms with E-state index >= 15 is 0 Å². The smallest absolute Gasteiger partial charge is 0.317 e. The first kappa shape index (κ1) is 12.9. The highest BCUT2D eigenvalue weighted by Crippen LogP contribution is 2.16. The molecule has 3 nitrogen and oxygen atoms in total. The van der Waals surface area contributed by atoms with Gasteiger partial charge in [-0.15, -0.1) is 0 Å². The van der Waals surface area contributed by atoms with Crippen molar-refractivity contribution >= 4 is 27.9 Å². The fraction of sp³-hybridized carbons (Fsp3) is 0.250. The van der Waals surface area contributed by atoms with E-state index in [-0.39, 0.29) is 12.8 Å². The molecule has 0 aromatic heterocycles. The van der Waals surface area contributed by atoms with Gasteiger partial charge in [0.25, 0.3) is 0 Å². The molecule has 0 saturated heterocycles. The molecular weight excluding hydrogens is 272 g/mol. The molecule has 1 rings (SSSR count). The van der Waals surface area contributed by atoms with Crippen molar-refractivity contribution in [2.24, 2.45) is 0 Å². The van der Waals surface area contributed by atoms with Crippen LogP contribution in [0.15, 0.2) is 28.7 Å². The lowest BCUT2D eigenvalue weighted by Gasteiger charge is -2.04. The van der Waals surface area contributed by atoms with E-state index in [0.29, 0.717) is 6.42 Å². The summed E-state index contributed by atoms with van der Waals surface area (Å²) in [4.78, 5) is 22.4. The molecule has 0 fully saturated rings. The summed E-state index contributed by atoms with van der Waals surface area (Å²) in [6.07, 6.45) is 0.688. The summed E-state index contributed by atoms with van der Waals surface area (Å²) in [5.41, 5.74) is 0.801. The van der Waals surface area contributed by atoms with Crippen LogP contribution < -0.4 is 0 Å². The second kappa shape index (κ2) is 6.43. The van der Waals surface area contributed by atoms with E-state index in [0.717, 1.165) is 10.0 Å². The Bertz CT molecular complexity index is 388. The molecule has 0 amide bonds. The standard InChI is InChI=1S/C12H12BrO3/c1-2-5-11(14)16-12(15)8-9-6-3-4-7-10(9)13/h3-4,6-7H,1-2,5,8H2. The molecule has 0 N–H and O–H groups in total. The molecule has 0 aliphatic carbocycles. The monoisotopic (exact) mass is 283 g/mol. The quantitative estimate of drug-likeness (QED) is 0.630. The maximum Gasteiger partial charge on any atom is 0.317 e. The molecule has 1 radical (unpaired) electrons. The lowest BCUT2D eigenvalue weighted by Crippen LogP contribution is -2.14. The maximum atomic E-state index is 11.4. The third-order valence-corrected chi connectivity index (χ3v) is 2.67. The third-order valence-electron chi connectivity index (χ3n) is 1.90. The molecule has 4 heteroatoms. The van der Waals surface area contributed by atoms with E-state index < -0.39 is 11.9 Å². The van der Waals surface area contributed by atoms with Crippen molar-refractivity contribution in [2.75, 3.05) is 0 Å². The minimum absolute atomic E-state index is 0.0876. The molecule has 0 saturated carbocycles. The first-order valence-corrected chi connectivity index (χ1v) is 5.69. The second-order valence-corrected chi connectivity index (χ2v) is 4.07. The molecule has 0 atom stereocenters. The Morgan fingerprint density at radius 3 is 2.56 bits per heavy atom. The van der Waals surface area contributed by atoms with Gasteiger partial charge in [-0.2, -0.15) is 0 Å². The van der Waals surface area contributed by atoms with Crippen molar-refractivity contribution in [3.8, 4) is 0 Å². The minimum Gasteiger partial charge on any atom is -0.393 e. The zero-order chi connectivity index (χ0) is 12.0. The Morgan fingerprint density at radius 1 is 1.25 bits per heavy atom. The molecule has 1 aromatic carbocycles. The van der Waals surface area contributed by atoms with Gasteiger partial charge in [0.05, 0.1) is 6.42 Å². The van der Waals surface area contributed by atoms with E-state index in [1.54, 1.807) is 6.07 Å². The van der Waals surface area contributed by atoms with Gasteiger partial charge in [0.15, 0.2) is 0 Å². The average molecular weight is 284 g/mol.